The standard InChI is InChI=1S/C14H16BrN3O/c1-3-13(19)17-9(2)14-16-8-12(18-14)10-4-6-11(15)7-5-10/h4-9H,3H2,1-2H3,(H,16,18)(H,17,19). The van der Waals surface area contributed by atoms with Crippen molar-refractivity contribution in [2.24, 2.45) is 0 Å². The van der Waals surface area contributed by atoms with E-state index in [1.807, 2.05) is 38.1 Å². The predicted octanol–water partition coefficient (Wildman–Crippen LogP) is 3.43. The van der Waals surface area contributed by atoms with Crippen molar-refractivity contribution in [2.75, 3.05) is 0 Å². The molecule has 0 saturated heterocycles. The van der Waals surface area contributed by atoms with Gasteiger partial charge in [-0.2, -0.15) is 0 Å². The van der Waals surface area contributed by atoms with Crippen molar-refractivity contribution >= 4 is 21.8 Å². The lowest BCUT2D eigenvalue weighted by Gasteiger charge is -2.10. The molecule has 0 spiro atoms. The Morgan fingerprint density at radius 1 is 1.42 bits per heavy atom. The zero-order chi connectivity index (χ0) is 13.8. The number of hydrogen-bond acceptors (Lipinski definition) is 2. The highest BCUT2D eigenvalue weighted by Crippen LogP contribution is 2.21. The van der Waals surface area contributed by atoms with Gasteiger partial charge in [0.2, 0.25) is 5.91 Å². The van der Waals surface area contributed by atoms with Crippen LogP contribution >= 0.6 is 15.9 Å². The SMILES string of the molecule is CCC(=O)NC(C)c1ncc(-c2ccc(Br)cc2)[nH]1. The van der Waals surface area contributed by atoms with Crippen LogP contribution in [-0.2, 0) is 4.79 Å². The zero-order valence-corrected chi connectivity index (χ0v) is 12.5. The lowest BCUT2D eigenvalue weighted by atomic mass is 10.2. The summed E-state index contributed by atoms with van der Waals surface area (Å²) >= 11 is 3.41. The van der Waals surface area contributed by atoms with Gasteiger partial charge in [0.05, 0.1) is 17.9 Å². The number of nitrogens with one attached hydrogen (secondary N) is 2. The summed E-state index contributed by atoms with van der Waals surface area (Å²) in [6.45, 7) is 3.75. The van der Waals surface area contributed by atoms with Crippen molar-refractivity contribution in [3.63, 3.8) is 0 Å². The third kappa shape index (κ3) is 3.44. The molecule has 4 nitrogen and oxygen atoms in total. The van der Waals surface area contributed by atoms with Crippen molar-refractivity contribution in [3.05, 3.63) is 40.8 Å². The molecular weight excluding hydrogens is 306 g/mol. The average Bonchev–Trinajstić information content (AvgIpc) is 2.89. The topological polar surface area (TPSA) is 57.8 Å². The number of H-pyrrole nitrogens is 1. The molecule has 100 valence electrons. The summed E-state index contributed by atoms with van der Waals surface area (Å²) in [4.78, 5) is 18.9. The molecule has 0 saturated carbocycles. The molecule has 2 N–H and O–H groups in total. The van der Waals surface area contributed by atoms with Crippen molar-refractivity contribution < 1.29 is 4.79 Å². The van der Waals surface area contributed by atoms with Crippen LogP contribution < -0.4 is 5.32 Å². The number of carbonyl (C=O) groups excluding carboxylic acids is 1. The van der Waals surface area contributed by atoms with E-state index >= 15 is 0 Å². The first-order valence-electron chi connectivity index (χ1n) is 6.20. The molecule has 0 aliphatic rings. The fourth-order valence-electron chi connectivity index (χ4n) is 1.74. The minimum atomic E-state index is -0.114. The number of nitrogens with zero attached hydrogens (tertiary/aromatic N) is 1. The van der Waals surface area contributed by atoms with Crippen LogP contribution in [0.25, 0.3) is 11.3 Å². The van der Waals surface area contributed by atoms with Crippen molar-refractivity contribution in [1.29, 1.82) is 0 Å². The largest absolute Gasteiger partial charge is 0.346 e. The van der Waals surface area contributed by atoms with Crippen LogP contribution in [0.2, 0.25) is 0 Å². The molecule has 0 radical (unpaired) electrons. The highest BCUT2D eigenvalue weighted by atomic mass is 79.9. The Hall–Kier alpha value is -1.62. The minimum Gasteiger partial charge on any atom is -0.346 e. The second kappa shape index (κ2) is 6.02. The van der Waals surface area contributed by atoms with Gasteiger partial charge >= 0.3 is 0 Å². The quantitative estimate of drug-likeness (QED) is 0.906. The Kier molecular flexibility index (Phi) is 4.37. The number of halogens is 1. The third-order valence-electron chi connectivity index (χ3n) is 2.86. The Bertz CT molecular complexity index is 562. The number of aromatic nitrogens is 2. The highest BCUT2D eigenvalue weighted by Gasteiger charge is 2.12. The number of hydrogen-bond donors (Lipinski definition) is 2. The van der Waals surface area contributed by atoms with Gasteiger partial charge in [-0.15, -0.1) is 0 Å². The molecule has 1 aromatic carbocycles. The molecule has 19 heavy (non-hydrogen) atoms. The van der Waals surface area contributed by atoms with Gasteiger partial charge in [-0.1, -0.05) is 35.0 Å². The Morgan fingerprint density at radius 3 is 2.74 bits per heavy atom. The summed E-state index contributed by atoms with van der Waals surface area (Å²) in [6.07, 6.45) is 2.26. The molecule has 0 aliphatic heterocycles. The summed E-state index contributed by atoms with van der Waals surface area (Å²) in [5, 5.41) is 2.88. The van der Waals surface area contributed by atoms with Crippen molar-refractivity contribution in [3.8, 4) is 11.3 Å². The van der Waals surface area contributed by atoms with Crippen LogP contribution in [0.15, 0.2) is 34.9 Å². The van der Waals surface area contributed by atoms with Gasteiger partial charge in [0.25, 0.3) is 0 Å². The Labute approximate surface area is 120 Å². The van der Waals surface area contributed by atoms with Gasteiger partial charge < -0.3 is 10.3 Å². The summed E-state index contributed by atoms with van der Waals surface area (Å²) in [5.41, 5.74) is 2.01. The fourth-order valence-corrected chi connectivity index (χ4v) is 2.01. The van der Waals surface area contributed by atoms with Gasteiger partial charge in [-0.3, -0.25) is 4.79 Å². The first-order chi connectivity index (χ1) is 9.10. The predicted molar refractivity (Wildman–Crippen MR) is 78.6 cm³/mol. The zero-order valence-electron chi connectivity index (χ0n) is 10.9. The molecule has 0 fully saturated rings. The van der Waals surface area contributed by atoms with Crippen LogP contribution in [0, 0.1) is 0 Å². The molecule has 2 aromatic rings. The molecule has 1 heterocycles. The molecule has 1 amide bonds. The summed E-state index contributed by atoms with van der Waals surface area (Å²) in [5.74, 6) is 0.786. The molecule has 1 unspecified atom stereocenters. The van der Waals surface area contributed by atoms with E-state index in [0.717, 1.165) is 21.6 Å². The summed E-state index contributed by atoms with van der Waals surface area (Å²) in [6, 6.07) is 7.88. The maximum Gasteiger partial charge on any atom is 0.220 e. The normalized spacial score (nSPS) is 12.2. The third-order valence-corrected chi connectivity index (χ3v) is 3.39. The Morgan fingerprint density at radius 2 is 2.11 bits per heavy atom. The Balaban J connectivity index is 2.14. The number of carbonyl (C=O) groups is 1. The first-order valence-corrected chi connectivity index (χ1v) is 6.99. The van der Waals surface area contributed by atoms with Crippen LogP contribution in [0.1, 0.15) is 32.1 Å². The van der Waals surface area contributed by atoms with Gasteiger partial charge in [0.1, 0.15) is 5.82 Å². The van der Waals surface area contributed by atoms with E-state index in [1.54, 1.807) is 6.20 Å². The number of aromatic amines is 1. The van der Waals surface area contributed by atoms with Crippen molar-refractivity contribution in [1.82, 2.24) is 15.3 Å². The highest BCUT2D eigenvalue weighted by molar-refractivity contribution is 9.10. The number of benzene rings is 1. The molecular formula is C14H16BrN3O. The number of rotatable bonds is 4. The van der Waals surface area contributed by atoms with Crippen LogP contribution in [-0.4, -0.2) is 15.9 Å². The van der Waals surface area contributed by atoms with Crippen LogP contribution in [0.5, 0.6) is 0 Å². The van der Waals surface area contributed by atoms with E-state index in [4.69, 9.17) is 0 Å². The van der Waals surface area contributed by atoms with Crippen LogP contribution in [0.4, 0.5) is 0 Å². The lowest BCUT2D eigenvalue weighted by molar-refractivity contribution is -0.121. The maximum absolute atomic E-state index is 11.4. The summed E-state index contributed by atoms with van der Waals surface area (Å²) < 4.78 is 1.04. The number of amides is 1. The molecule has 1 aromatic heterocycles. The fraction of sp³-hybridized carbons (Fsp3) is 0.286. The van der Waals surface area contributed by atoms with E-state index in [-0.39, 0.29) is 11.9 Å². The van der Waals surface area contributed by atoms with E-state index in [2.05, 4.69) is 31.2 Å². The second-order valence-corrected chi connectivity index (χ2v) is 5.25. The monoisotopic (exact) mass is 321 g/mol. The average molecular weight is 322 g/mol. The minimum absolute atomic E-state index is 0.0223. The van der Waals surface area contributed by atoms with Gasteiger partial charge in [0.15, 0.2) is 0 Å². The molecule has 2 rings (SSSR count). The molecule has 5 heteroatoms. The smallest absolute Gasteiger partial charge is 0.220 e. The van der Waals surface area contributed by atoms with E-state index in [9.17, 15) is 4.79 Å². The number of imidazole rings is 1. The van der Waals surface area contributed by atoms with Crippen molar-refractivity contribution in [2.45, 2.75) is 26.3 Å². The van der Waals surface area contributed by atoms with E-state index in [0.29, 0.717) is 6.42 Å². The second-order valence-electron chi connectivity index (χ2n) is 4.33. The van der Waals surface area contributed by atoms with Gasteiger partial charge in [0, 0.05) is 10.9 Å². The van der Waals surface area contributed by atoms with Crippen LogP contribution in [0.3, 0.4) is 0 Å². The van der Waals surface area contributed by atoms with Gasteiger partial charge in [-0.05, 0) is 24.6 Å². The molecule has 0 bridgehead atoms. The maximum atomic E-state index is 11.4. The van der Waals surface area contributed by atoms with Gasteiger partial charge in [-0.25, -0.2) is 4.98 Å². The first kappa shape index (κ1) is 13.8. The van der Waals surface area contributed by atoms with E-state index < -0.39 is 0 Å². The lowest BCUT2D eigenvalue weighted by Crippen LogP contribution is -2.26. The van der Waals surface area contributed by atoms with E-state index in [1.165, 1.54) is 0 Å². The summed E-state index contributed by atoms with van der Waals surface area (Å²) in [7, 11) is 0. The molecule has 1 atom stereocenters. The molecule has 0 aliphatic carbocycles.